The van der Waals surface area contributed by atoms with Gasteiger partial charge in [0.15, 0.2) is 16.6 Å². The number of hydrogen-bond acceptors (Lipinski definition) is 4. The molecular weight excluding hydrogens is 359 g/mol. The molecule has 7 heteroatoms. The van der Waals surface area contributed by atoms with Gasteiger partial charge in [0.2, 0.25) is 0 Å². The van der Waals surface area contributed by atoms with Crippen molar-refractivity contribution in [2.45, 2.75) is 50.7 Å². The molecule has 0 spiro atoms. The van der Waals surface area contributed by atoms with Crippen LogP contribution < -0.4 is 5.46 Å². The number of rotatable bonds is 3. The summed E-state index contributed by atoms with van der Waals surface area (Å²) in [5, 5.41) is 0.886. The van der Waals surface area contributed by atoms with E-state index in [9.17, 15) is 4.21 Å². The van der Waals surface area contributed by atoms with Gasteiger partial charge in [0.25, 0.3) is 0 Å². The summed E-state index contributed by atoms with van der Waals surface area (Å²) in [7, 11) is -1.85. The van der Waals surface area contributed by atoms with E-state index in [1.807, 2.05) is 77.2 Å². The van der Waals surface area contributed by atoms with E-state index < -0.39 is 29.3 Å². The lowest BCUT2D eigenvalue weighted by atomic mass is 9.78. The maximum absolute atomic E-state index is 13.0. The minimum Gasteiger partial charge on any atom is -0.399 e. The molecule has 3 heterocycles. The molecule has 0 N–H and O–H groups in total. The van der Waals surface area contributed by atoms with Gasteiger partial charge in [-0.05, 0) is 64.3 Å². The molecule has 1 aliphatic rings. The van der Waals surface area contributed by atoms with Crippen LogP contribution in [-0.4, -0.2) is 31.5 Å². The number of hydrogen-bond donors (Lipinski definition) is 0. The fraction of sp³-hybridized carbons (Fsp3) is 0.350. The average molecular weight is 382 g/mol. The van der Waals surface area contributed by atoms with Gasteiger partial charge in [0.1, 0.15) is 0 Å². The molecule has 1 atom stereocenters. The molecule has 0 bridgehead atoms. The van der Waals surface area contributed by atoms with Crippen LogP contribution in [0.4, 0.5) is 0 Å². The van der Waals surface area contributed by atoms with Crippen molar-refractivity contribution in [3.63, 3.8) is 0 Å². The van der Waals surface area contributed by atoms with Gasteiger partial charge in [-0.1, -0.05) is 17.7 Å². The van der Waals surface area contributed by atoms with Crippen LogP contribution in [-0.2, 0) is 20.3 Å². The smallest absolute Gasteiger partial charge is 0.399 e. The number of aryl methyl sites for hydroxylation is 1. The zero-order valence-electron chi connectivity index (χ0n) is 16.2. The molecule has 0 saturated carbocycles. The molecule has 1 saturated heterocycles. The predicted octanol–water partition coefficient (Wildman–Crippen LogP) is 3.21. The molecular formula is C20H23BN2O3S. The van der Waals surface area contributed by atoms with E-state index >= 15 is 0 Å². The molecule has 2 aromatic heterocycles. The summed E-state index contributed by atoms with van der Waals surface area (Å²) in [5.41, 5.74) is 1.86. The zero-order valence-corrected chi connectivity index (χ0v) is 17.0. The second-order valence-electron chi connectivity index (χ2n) is 7.93. The van der Waals surface area contributed by atoms with Crippen LogP contribution in [0.1, 0.15) is 33.3 Å². The van der Waals surface area contributed by atoms with Gasteiger partial charge in [0.05, 0.1) is 16.1 Å². The van der Waals surface area contributed by atoms with Crippen molar-refractivity contribution in [1.82, 2.24) is 8.96 Å². The Kier molecular flexibility index (Phi) is 4.29. The summed E-state index contributed by atoms with van der Waals surface area (Å²) < 4.78 is 27.1. The molecule has 0 radical (unpaired) electrons. The highest BCUT2D eigenvalue weighted by molar-refractivity contribution is 7.83. The van der Waals surface area contributed by atoms with Crippen LogP contribution >= 0.6 is 0 Å². The molecule has 140 valence electrons. The summed E-state index contributed by atoms with van der Waals surface area (Å²) in [6, 6.07) is 11.5. The highest BCUT2D eigenvalue weighted by atomic mass is 32.2. The third-order valence-electron chi connectivity index (χ3n) is 5.50. The lowest BCUT2D eigenvalue weighted by Gasteiger charge is -2.32. The first-order chi connectivity index (χ1) is 12.7. The standard InChI is InChI=1S/C20H23BN2O3S/c1-14-6-8-15(9-7-14)27(24)23-13-11-16-17(10-12-22-18(16)23)21-25-19(2,3)20(4,5)26-21/h6-13H,1-5H3. The highest BCUT2D eigenvalue weighted by Crippen LogP contribution is 2.37. The van der Waals surface area contributed by atoms with Gasteiger partial charge in [-0.15, -0.1) is 0 Å². The Morgan fingerprint density at radius 3 is 2.26 bits per heavy atom. The van der Waals surface area contributed by atoms with Gasteiger partial charge >= 0.3 is 7.12 Å². The first kappa shape index (κ1) is 18.4. The first-order valence-electron chi connectivity index (χ1n) is 9.00. The maximum atomic E-state index is 13.0. The fourth-order valence-electron chi connectivity index (χ4n) is 3.11. The second kappa shape index (κ2) is 6.29. The Morgan fingerprint density at radius 1 is 1.00 bits per heavy atom. The third-order valence-corrected chi connectivity index (χ3v) is 6.82. The number of fused-ring (bicyclic) bond motifs is 1. The van der Waals surface area contributed by atoms with E-state index in [0.717, 1.165) is 21.3 Å². The molecule has 1 unspecified atom stereocenters. The molecule has 1 aromatic carbocycles. The lowest BCUT2D eigenvalue weighted by Crippen LogP contribution is -2.41. The summed E-state index contributed by atoms with van der Waals surface area (Å²) in [6.45, 7) is 10.1. The SMILES string of the molecule is Cc1ccc(S(=O)n2ccc3c(B4OC(C)(C)C(C)(C)O4)ccnc32)cc1. The van der Waals surface area contributed by atoms with Crippen molar-refractivity contribution >= 4 is 34.6 Å². The van der Waals surface area contributed by atoms with Gasteiger partial charge in [-0.25, -0.2) is 13.2 Å². The Balaban J connectivity index is 1.75. The average Bonchev–Trinajstić information content (AvgIpc) is 3.13. The van der Waals surface area contributed by atoms with Gasteiger partial charge in [0, 0.05) is 17.8 Å². The lowest BCUT2D eigenvalue weighted by molar-refractivity contribution is 0.00578. The van der Waals surface area contributed by atoms with E-state index in [-0.39, 0.29) is 0 Å². The van der Waals surface area contributed by atoms with E-state index in [1.165, 1.54) is 0 Å². The third kappa shape index (κ3) is 3.04. The first-order valence-corrected chi connectivity index (χ1v) is 10.1. The molecule has 27 heavy (non-hydrogen) atoms. The number of nitrogens with zero attached hydrogens (tertiary/aromatic N) is 2. The Bertz CT molecular complexity index is 1010. The van der Waals surface area contributed by atoms with Crippen molar-refractivity contribution in [2.24, 2.45) is 0 Å². The molecule has 0 amide bonds. The molecule has 4 rings (SSSR count). The van der Waals surface area contributed by atoms with E-state index in [1.54, 1.807) is 10.2 Å². The Morgan fingerprint density at radius 2 is 1.63 bits per heavy atom. The number of pyridine rings is 1. The Hall–Kier alpha value is -1.96. The van der Waals surface area contributed by atoms with Crippen LogP contribution in [0, 0.1) is 6.92 Å². The molecule has 0 aliphatic carbocycles. The highest BCUT2D eigenvalue weighted by Gasteiger charge is 2.52. The van der Waals surface area contributed by atoms with E-state index in [2.05, 4.69) is 4.98 Å². The minimum absolute atomic E-state index is 0.416. The van der Waals surface area contributed by atoms with Gasteiger partial charge in [-0.3, -0.25) is 0 Å². The number of benzene rings is 1. The summed E-state index contributed by atoms with van der Waals surface area (Å²) in [5.74, 6) is 0. The molecule has 5 nitrogen and oxygen atoms in total. The van der Waals surface area contributed by atoms with E-state index in [4.69, 9.17) is 9.31 Å². The normalized spacial score (nSPS) is 19.5. The quantitative estimate of drug-likeness (QED) is 0.653. The zero-order chi connectivity index (χ0) is 19.4. The van der Waals surface area contributed by atoms with Crippen molar-refractivity contribution in [2.75, 3.05) is 0 Å². The van der Waals surface area contributed by atoms with Crippen LogP contribution in [0.2, 0.25) is 0 Å². The van der Waals surface area contributed by atoms with Crippen LogP contribution in [0.15, 0.2) is 53.7 Å². The van der Waals surface area contributed by atoms with Crippen LogP contribution in [0.5, 0.6) is 0 Å². The maximum Gasteiger partial charge on any atom is 0.495 e. The van der Waals surface area contributed by atoms with Crippen molar-refractivity contribution < 1.29 is 13.5 Å². The van der Waals surface area contributed by atoms with Crippen molar-refractivity contribution in [3.8, 4) is 0 Å². The summed E-state index contributed by atoms with van der Waals surface area (Å²) in [6.07, 6.45) is 3.52. The van der Waals surface area contributed by atoms with Crippen LogP contribution in [0.25, 0.3) is 11.0 Å². The van der Waals surface area contributed by atoms with Crippen molar-refractivity contribution in [3.05, 3.63) is 54.4 Å². The number of aromatic nitrogens is 2. The summed E-state index contributed by atoms with van der Waals surface area (Å²) in [4.78, 5) is 5.21. The molecule has 1 fully saturated rings. The fourth-order valence-corrected chi connectivity index (χ4v) is 4.18. The largest absolute Gasteiger partial charge is 0.495 e. The van der Waals surface area contributed by atoms with E-state index in [0.29, 0.717) is 5.65 Å². The second-order valence-corrected chi connectivity index (χ2v) is 9.29. The van der Waals surface area contributed by atoms with Gasteiger partial charge < -0.3 is 9.31 Å². The van der Waals surface area contributed by atoms with Crippen molar-refractivity contribution in [1.29, 1.82) is 0 Å². The van der Waals surface area contributed by atoms with Gasteiger partial charge in [-0.2, -0.15) is 0 Å². The Labute approximate surface area is 162 Å². The van der Waals surface area contributed by atoms with Crippen LogP contribution in [0.3, 0.4) is 0 Å². The minimum atomic E-state index is -1.37. The topological polar surface area (TPSA) is 53.4 Å². The monoisotopic (exact) mass is 382 g/mol. The predicted molar refractivity (Wildman–Crippen MR) is 108 cm³/mol. The molecule has 1 aliphatic heterocycles. The summed E-state index contributed by atoms with van der Waals surface area (Å²) >= 11 is 0. The molecule has 3 aromatic rings.